The van der Waals surface area contributed by atoms with E-state index in [0.29, 0.717) is 13.2 Å². The van der Waals surface area contributed by atoms with Gasteiger partial charge in [0.15, 0.2) is 0 Å². The number of nitrogens with one attached hydrogen (secondary N) is 1. The fourth-order valence-corrected chi connectivity index (χ4v) is 2.08. The lowest BCUT2D eigenvalue weighted by Gasteiger charge is -2.12. The summed E-state index contributed by atoms with van der Waals surface area (Å²) < 4.78 is 5.83. The Morgan fingerprint density at radius 1 is 1.21 bits per heavy atom. The van der Waals surface area contributed by atoms with Crippen LogP contribution >= 0.6 is 11.6 Å². The average Bonchev–Trinajstić information content (AvgIpc) is 2.44. The summed E-state index contributed by atoms with van der Waals surface area (Å²) in [5.41, 5.74) is 2.22. The molecule has 0 saturated carbocycles. The lowest BCUT2D eigenvalue weighted by molar-refractivity contribution is 0.318. The molecule has 0 saturated heterocycles. The van der Waals surface area contributed by atoms with Crippen molar-refractivity contribution < 1.29 is 4.74 Å². The smallest absolute Gasteiger partial charge is 0.125 e. The number of rotatable bonds is 6. The predicted octanol–water partition coefficient (Wildman–Crippen LogP) is 3.08. The third-order valence-corrected chi connectivity index (χ3v) is 3.18. The van der Waals surface area contributed by atoms with E-state index in [1.807, 2.05) is 37.4 Å². The van der Waals surface area contributed by atoms with E-state index >= 15 is 0 Å². The normalized spacial score (nSPS) is 10.4. The van der Waals surface area contributed by atoms with E-state index in [-0.39, 0.29) is 0 Å². The van der Waals surface area contributed by atoms with Gasteiger partial charge in [0, 0.05) is 35.9 Å². The van der Waals surface area contributed by atoms with Crippen molar-refractivity contribution in [1.29, 1.82) is 0 Å². The molecule has 0 unspecified atom stereocenters. The molecule has 2 aromatic rings. The van der Waals surface area contributed by atoms with Crippen LogP contribution in [0.3, 0.4) is 0 Å². The predicted molar refractivity (Wildman–Crippen MR) is 77.7 cm³/mol. The first-order chi connectivity index (χ1) is 9.31. The van der Waals surface area contributed by atoms with Gasteiger partial charge in [-0.25, -0.2) is 0 Å². The Balaban J connectivity index is 1.97. The van der Waals surface area contributed by atoms with Gasteiger partial charge in [-0.2, -0.15) is 0 Å². The number of halogens is 1. The van der Waals surface area contributed by atoms with Crippen LogP contribution in [0.2, 0.25) is 5.02 Å². The molecule has 4 heteroatoms. The molecule has 0 amide bonds. The fourth-order valence-electron chi connectivity index (χ4n) is 1.85. The second-order valence-electron chi connectivity index (χ2n) is 4.20. The molecule has 0 aliphatic heterocycles. The van der Waals surface area contributed by atoms with Gasteiger partial charge >= 0.3 is 0 Å². The largest absolute Gasteiger partial charge is 0.493 e. The molecular formula is C15H17ClN2O. The third kappa shape index (κ3) is 3.94. The van der Waals surface area contributed by atoms with Gasteiger partial charge in [-0.1, -0.05) is 17.7 Å². The first kappa shape index (κ1) is 13.8. The molecule has 0 fully saturated rings. The van der Waals surface area contributed by atoms with Crippen molar-refractivity contribution >= 4 is 11.6 Å². The summed E-state index contributed by atoms with van der Waals surface area (Å²) in [6.45, 7) is 1.32. The van der Waals surface area contributed by atoms with Crippen molar-refractivity contribution in [3.8, 4) is 5.75 Å². The summed E-state index contributed by atoms with van der Waals surface area (Å²) in [7, 11) is 1.89. The molecule has 100 valence electrons. The highest BCUT2D eigenvalue weighted by Crippen LogP contribution is 2.26. The molecule has 1 N–H and O–H groups in total. The molecule has 1 aromatic heterocycles. The molecule has 0 spiro atoms. The quantitative estimate of drug-likeness (QED) is 0.880. The Morgan fingerprint density at radius 2 is 2.00 bits per heavy atom. The van der Waals surface area contributed by atoms with E-state index < -0.39 is 0 Å². The number of benzene rings is 1. The molecule has 2 rings (SSSR count). The molecule has 0 atom stereocenters. The molecule has 1 heterocycles. The number of nitrogens with zero attached hydrogens (tertiary/aromatic N) is 1. The van der Waals surface area contributed by atoms with Crippen molar-refractivity contribution in [2.75, 3.05) is 13.7 Å². The lowest BCUT2D eigenvalue weighted by Crippen LogP contribution is -2.09. The maximum atomic E-state index is 6.18. The zero-order chi connectivity index (χ0) is 13.5. The number of pyridine rings is 1. The van der Waals surface area contributed by atoms with E-state index in [1.54, 1.807) is 12.4 Å². The number of aromatic nitrogens is 1. The van der Waals surface area contributed by atoms with Crippen LogP contribution in [0.4, 0.5) is 0 Å². The lowest BCUT2D eigenvalue weighted by atomic mass is 10.2. The highest BCUT2D eigenvalue weighted by molar-refractivity contribution is 6.31. The van der Waals surface area contributed by atoms with Crippen LogP contribution < -0.4 is 10.1 Å². The monoisotopic (exact) mass is 276 g/mol. The summed E-state index contributed by atoms with van der Waals surface area (Å²) in [5, 5.41) is 3.83. The molecule has 0 radical (unpaired) electrons. The summed E-state index contributed by atoms with van der Waals surface area (Å²) >= 11 is 6.18. The molecule has 19 heavy (non-hydrogen) atoms. The van der Waals surface area contributed by atoms with E-state index in [9.17, 15) is 0 Å². The molecular weight excluding hydrogens is 260 g/mol. The summed E-state index contributed by atoms with van der Waals surface area (Å²) in [6.07, 6.45) is 4.44. The molecule has 0 aliphatic rings. The molecule has 0 bridgehead atoms. The van der Waals surface area contributed by atoms with Gasteiger partial charge in [-0.15, -0.1) is 0 Å². The minimum Gasteiger partial charge on any atom is -0.493 e. The highest BCUT2D eigenvalue weighted by Gasteiger charge is 2.07. The van der Waals surface area contributed by atoms with E-state index in [4.69, 9.17) is 16.3 Å². The van der Waals surface area contributed by atoms with Gasteiger partial charge in [0.2, 0.25) is 0 Å². The Kier molecular flexibility index (Phi) is 5.19. The van der Waals surface area contributed by atoms with E-state index in [0.717, 1.165) is 22.8 Å². The Morgan fingerprint density at radius 3 is 2.74 bits per heavy atom. The molecule has 3 nitrogen and oxygen atoms in total. The van der Waals surface area contributed by atoms with Crippen LogP contribution in [0.15, 0.2) is 42.7 Å². The SMILES string of the molecule is CNCc1c(Cl)cccc1OCCc1ccncc1. The van der Waals surface area contributed by atoms with Gasteiger partial charge in [0.1, 0.15) is 5.75 Å². The maximum absolute atomic E-state index is 6.18. The minimum atomic E-state index is 0.626. The Bertz CT molecular complexity index is 517. The van der Waals surface area contributed by atoms with Crippen LogP contribution in [0.5, 0.6) is 5.75 Å². The zero-order valence-corrected chi connectivity index (χ0v) is 11.7. The van der Waals surface area contributed by atoms with Gasteiger partial charge in [-0.3, -0.25) is 4.98 Å². The van der Waals surface area contributed by atoms with Crippen molar-refractivity contribution in [3.05, 3.63) is 58.9 Å². The Labute approximate surface area is 118 Å². The number of ether oxygens (including phenoxy) is 1. The van der Waals surface area contributed by atoms with Crippen LogP contribution in [0, 0.1) is 0 Å². The van der Waals surface area contributed by atoms with Crippen molar-refractivity contribution in [2.24, 2.45) is 0 Å². The van der Waals surface area contributed by atoms with Crippen LogP contribution in [-0.2, 0) is 13.0 Å². The van der Waals surface area contributed by atoms with Crippen molar-refractivity contribution in [1.82, 2.24) is 10.3 Å². The second kappa shape index (κ2) is 7.12. The first-order valence-corrected chi connectivity index (χ1v) is 6.62. The second-order valence-corrected chi connectivity index (χ2v) is 4.61. The van der Waals surface area contributed by atoms with Gasteiger partial charge < -0.3 is 10.1 Å². The zero-order valence-electron chi connectivity index (χ0n) is 10.9. The van der Waals surface area contributed by atoms with Gasteiger partial charge in [0.25, 0.3) is 0 Å². The number of hydrogen-bond acceptors (Lipinski definition) is 3. The third-order valence-electron chi connectivity index (χ3n) is 2.83. The standard InChI is InChI=1S/C15H17ClN2O/c1-17-11-13-14(16)3-2-4-15(13)19-10-7-12-5-8-18-9-6-12/h2-6,8-9,17H,7,10-11H2,1H3. The highest BCUT2D eigenvalue weighted by atomic mass is 35.5. The summed E-state index contributed by atoms with van der Waals surface area (Å²) in [5.74, 6) is 0.843. The summed E-state index contributed by atoms with van der Waals surface area (Å²) in [6, 6.07) is 9.73. The van der Waals surface area contributed by atoms with Crippen LogP contribution in [-0.4, -0.2) is 18.6 Å². The topological polar surface area (TPSA) is 34.1 Å². The molecule has 0 aliphatic carbocycles. The summed E-state index contributed by atoms with van der Waals surface area (Å²) in [4.78, 5) is 4.00. The van der Waals surface area contributed by atoms with Gasteiger partial charge in [-0.05, 0) is 36.9 Å². The van der Waals surface area contributed by atoms with E-state index in [1.165, 1.54) is 5.56 Å². The fraction of sp³-hybridized carbons (Fsp3) is 0.267. The van der Waals surface area contributed by atoms with Crippen molar-refractivity contribution in [3.63, 3.8) is 0 Å². The van der Waals surface area contributed by atoms with Crippen LogP contribution in [0.1, 0.15) is 11.1 Å². The first-order valence-electron chi connectivity index (χ1n) is 6.25. The Hall–Kier alpha value is -1.58. The van der Waals surface area contributed by atoms with Crippen molar-refractivity contribution in [2.45, 2.75) is 13.0 Å². The van der Waals surface area contributed by atoms with Gasteiger partial charge in [0.05, 0.1) is 6.61 Å². The van der Waals surface area contributed by atoms with Crippen LogP contribution in [0.25, 0.3) is 0 Å². The number of hydrogen-bond donors (Lipinski definition) is 1. The molecule has 1 aromatic carbocycles. The maximum Gasteiger partial charge on any atom is 0.125 e. The average molecular weight is 277 g/mol. The van der Waals surface area contributed by atoms with E-state index in [2.05, 4.69) is 10.3 Å². The minimum absolute atomic E-state index is 0.626.